The van der Waals surface area contributed by atoms with Gasteiger partial charge < -0.3 is 5.73 Å². The zero-order valence-electron chi connectivity index (χ0n) is 11.2. The lowest BCUT2D eigenvalue weighted by Crippen LogP contribution is -2.35. The van der Waals surface area contributed by atoms with E-state index in [0.29, 0.717) is 0 Å². The van der Waals surface area contributed by atoms with E-state index in [4.69, 9.17) is 10.7 Å². The Kier molecular flexibility index (Phi) is 4.11. The summed E-state index contributed by atoms with van der Waals surface area (Å²) < 4.78 is 1.30. The van der Waals surface area contributed by atoms with Gasteiger partial charge in [0, 0.05) is 6.54 Å². The first-order valence-electron chi connectivity index (χ1n) is 7.12. The van der Waals surface area contributed by atoms with E-state index in [1.807, 2.05) is 11.3 Å². The maximum atomic E-state index is 5.68. The van der Waals surface area contributed by atoms with Crippen LogP contribution in [0.3, 0.4) is 0 Å². The summed E-state index contributed by atoms with van der Waals surface area (Å²) in [5, 5.41) is 1.24. The molecule has 102 valence electrons. The molecule has 3 nitrogen and oxygen atoms in total. The monoisotopic (exact) mass is 275 g/mol. The standard InChI is InChI=1S/C15H21N3S/c16-8-7-12-4-3-9-18(10-12)11-15-17-13-5-1-2-6-14(13)19-15/h1-2,5-6,12H,3-4,7-11,16H2. The number of benzene rings is 1. The number of para-hydroxylation sites is 1. The van der Waals surface area contributed by atoms with Crippen LogP contribution in [0.1, 0.15) is 24.3 Å². The summed E-state index contributed by atoms with van der Waals surface area (Å²) in [5.41, 5.74) is 6.82. The Morgan fingerprint density at radius 3 is 3.11 bits per heavy atom. The van der Waals surface area contributed by atoms with Gasteiger partial charge in [-0.3, -0.25) is 4.90 Å². The van der Waals surface area contributed by atoms with Crippen molar-refractivity contribution >= 4 is 21.6 Å². The molecule has 1 fully saturated rings. The van der Waals surface area contributed by atoms with Gasteiger partial charge in [0.05, 0.1) is 16.8 Å². The van der Waals surface area contributed by atoms with Crippen molar-refractivity contribution in [3.8, 4) is 0 Å². The third kappa shape index (κ3) is 3.14. The molecule has 0 saturated carbocycles. The molecule has 1 aliphatic heterocycles. The molecule has 0 amide bonds. The molecule has 0 bridgehead atoms. The van der Waals surface area contributed by atoms with Crippen LogP contribution in [-0.2, 0) is 6.54 Å². The number of fused-ring (bicyclic) bond motifs is 1. The second-order valence-electron chi connectivity index (χ2n) is 5.40. The highest BCUT2D eigenvalue weighted by molar-refractivity contribution is 7.18. The fourth-order valence-corrected chi connectivity index (χ4v) is 3.95. The molecule has 1 saturated heterocycles. The summed E-state index contributed by atoms with van der Waals surface area (Å²) in [7, 11) is 0. The Bertz CT molecular complexity index is 502. The largest absolute Gasteiger partial charge is 0.330 e. The summed E-state index contributed by atoms with van der Waals surface area (Å²) in [6, 6.07) is 8.40. The van der Waals surface area contributed by atoms with Crippen molar-refractivity contribution in [1.29, 1.82) is 0 Å². The minimum atomic E-state index is 0.785. The predicted octanol–water partition coefficient (Wildman–Crippen LogP) is 2.86. The third-order valence-electron chi connectivity index (χ3n) is 3.88. The van der Waals surface area contributed by atoms with Crippen molar-refractivity contribution in [1.82, 2.24) is 9.88 Å². The van der Waals surface area contributed by atoms with Crippen LogP contribution in [0.5, 0.6) is 0 Å². The number of hydrogen-bond acceptors (Lipinski definition) is 4. The van der Waals surface area contributed by atoms with Gasteiger partial charge in [-0.05, 0) is 50.4 Å². The molecule has 1 aromatic heterocycles. The summed E-state index contributed by atoms with van der Waals surface area (Å²) >= 11 is 1.83. The lowest BCUT2D eigenvalue weighted by molar-refractivity contribution is 0.163. The van der Waals surface area contributed by atoms with Crippen molar-refractivity contribution in [3.05, 3.63) is 29.3 Å². The van der Waals surface area contributed by atoms with Gasteiger partial charge in [0.25, 0.3) is 0 Å². The van der Waals surface area contributed by atoms with Gasteiger partial charge in [-0.15, -0.1) is 11.3 Å². The fraction of sp³-hybridized carbons (Fsp3) is 0.533. The van der Waals surface area contributed by atoms with E-state index in [9.17, 15) is 0 Å². The van der Waals surface area contributed by atoms with Crippen molar-refractivity contribution in [2.75, 3.05) is 19.6 Å². The lowest BCUT2D eigenvalue weighted by atomic mass is 9.95. The third-order valence-corrected chi connectivity index (χ3v) is 4.90. The Balaban J connectivity index is 1.67. The molecule has 4 heteroatoms. The quantitative estimate of drug-likeness (QED) is 0.933. The predicted molar refractivity (Wildman–Crippen MR) is 81.3 cm³/mol. The molecular formula is C15H21N3S. The van der Waals surface area contributed by atoms with Crippen LogP contribution in [0.2, 0.25) is 0 Å². The van der Waals surface area contributed by atoms with Gasteiger partial charge in [0.15, 0.2) is 0 Å². The molecule has 1 aromatic carbocycles. The first-order valence-corrected chi connectivity index (χ1v) is 7.93. The van der Waals surface area contributed by atoms with Crippen LogP contribution >= 0.6 is 11.3 Å². The number of piperidine rings is 1. The zero-order valence-corrected chi connectivity index (χ0v) is 12.0. The molecule has 0 aliphatic carbocycles. The molecule has 1 unspecified atom stereocenters. The van der Waals surface area contributed by atoms with Crippen molar-refractivity contribution in [2.24, 2.45) is 11.7 Å². The van der Waals surface area contributed by atoms with E-state index < -0.39 is 0 Å². The molecule has 1 atom stereocenters. The molecule has 0 spiro atoms. The first-order chi connectivity index (χ1) is 9.35. The van der Waals surface area contributed by atoms with E-state index in [-0.39, 0.29) is 0 Å². The molecule has 19 heavy (non-hydrogen) atoms. The Morgan fingerprint density at radius 2 is 2.26 bits per heavy atom. The second-order valence-corrected chi connectivity index (χ2v) is 6.51. The topological polar surface area (TPSA) is 42.1 Å². The highest BCUT2D eigenvalue weighted by Gasteiger charge is 2.20. The number of nitrogens with two attached hydrogens (primary N) is 1. The molecular weight excluding hydrogens is 254 g/mol. The molecule has 2 N–H and O–H groups in total. The number of aromatic nitrogens is 1. The number of hydrogen-bond donors (Lipinski definition) is 1. The van der Waals surface area contributed by atoms with Gasteiger partial charge in [0.2, 0.25) is 0 Å². The molecule has 0 radical (unpaired) electrons. The summed E-state index contributed by atoms with van der Waals surface area (Å²) in [4.78, 5) is 7.27. The van der Waals surface area contributed by atoms with E-state index in [1.54, 1.807) is 0 Å². The van der Waals surface area contributed by atoms with Crippen molar-refractivity contribution in [2.45, 2.75) is 25.8 Å². The van der Waals surface area contributed by atoms with Gasteiger partial charge in [-0.1, -0.05) is 12.1 Å². The van der Waals surface area contributed by atoms with Gasteiger partial charge in [-0.25, -0.2) is 4.98 Å². The Labute approximate surface area is 118 Å². The maximum absolute atomic E-state index is 5.68. The minimum absolute atomic E-state index is 0.785. The van der Waals surface area contributed by atoms with Crippen LogP contribution in [0.4, 0.5) is 0 Å². The Morgan fingerprint density at radius 1 is 1.37 bits per heavy atom. The molecule has 3 rings (SSSR count). The van der Waals surface area contributed by atoms with Crippen molar-refractivity contribution in [3.63, 3.8) is 0 Å². The summed E-state index contributed by atoms with van der Waals surface area (Å²) in [6.45, 7) is 4.21. The SMILES string of the molecule is NCCC1CCCN(Cc2nc3ccccc3s2)C1. The van der Waals surface area contributed by atoms with Crippen LogP contribution in [0.15, 0.2) is 24.3 Å². The van der Waals surface area contributed by atoms with Crippen LogP contribution in [0.25, 0.3) is 10.2 Å². The minimum Gasteiger partial charge on any atom is -0.330 e. The van der Waals surface area contributed by atoms with E-state index in [1.165, 1.54) is 35.6 Å². The van der Waals surface area contributed by atoms with Crippen LogP contribution < -0.4 is 5.73 Å². The molecule has 1 aliphatic rings. The van der Waals surface area contributed by atoms with Gasteiger partial charge >= 0.3 is 0 Å². The van der Waals surface area contributed by atoms with Crippen LogP contribution in [-0.4, -0.2) is 29.5 Å². The van der Waals surface area contributed by atoms with Gasteiger partial charge in [-0.2, -0.15) is 0 Å². The van der Waals surface area contributed by atoms with Crippen LogP contribution in [0, 0.1) is 5.92 Å². The fourth-order valence-electron chi connectivity index (χ4n) is 2.95. The van der Waals surface area contributed by atoms with Crippen molar-refractivity contribution < 1.29 is 0 Å². The number of thiazole rings is 1. The molecule has 2 aromatic rings. The highest BCUT2D eigenvalue weighted by atomic mass is 32.1. The number of rotatable bonds is 4. The smallest absolute Gasteiger partial charge is 0.108 e. The number of nitrogens with zero attached hydrogens (tertiary/aromatic N) is 2. The highest BCUT2D eigenvalue weighted by Crippen LogP contribution is 2.25. The molecule has 2 heterocycles. The normalized spacial score (nSPS) is 21.0. The van der Waals surface area contributed by atoms with E-state index >= 15 is 0 Å². The summed E-state index contributed by atoms with van der Waals surface area (Å²) in [6.07, 6.45) is 3.81. The number of likely N-dealkylation sites (tertiary alicyclic amines) is 1. The van der Waals surface area contributed by atoms with E-state index in [0.717, 1.165) is 30.9 Å². The average molecular weight is 275 g/mol. The zero-order chi connectivity index (χ0) is 13.1. The average Bonchev–Trinajstić information content (AvgIpc) is 2.81. The second kappa shape index (κ2) is 5.99. The summed E-state index contributed by atoms with van der Waals surface area (Å²) in [5.74, 6) is 0.785. The van der Waals surface area contributed by atoms with E-state index in [2.05, 4.69) is 29.2 Å². The van der Waals surface area contributed by atoms with Gasteiger partial charge in [0.1, 0.15) is 5.01 Å². The first kappa shape index (κ1) is 13.0. The Hall–Kier alpha value is -0.970. The lowest BCUT2D eigenvalue weighted by Gasteiger charge is -2.31. The maximum Gasteiger partial charge on any atom is 0.108 e.